The summed E-state index contributed by atoms with van der Waals surface area (Å²) in [7, 11) is 0. The predicted molar refractivity (Wildman–Crippen MR) is 53.1 cm³/mol. The fourth-order valence-corrected chi connectivity index (χ4v) is 1.90. The van der Waals surface area contributed by atoms with E-state index >= 15 is 0 Å². The first kappa shape index (κ1) is 11.3. The van der Waals surface area contributed by atoms with E-state index in [1.807, 2.05) is 6.92 Å². The Bertz CT molecular complexity index is 182. The summed E-state index contributed by atoms with van der Waals surface area (Å²) in [6.45, 7) is 3.13. The molecule has 1 saturated heterocycles. The number of aliphatic hydroxyl groups excluding tert-OH is 1. The van der Waals surface area contributed by atoms with Crippen molar-refractivity contribution in [2.24, 2.45) is 0 Å². The summed E-state index contributed by atoms with van der Waals surface area (Å²) in [6, 6.07) is 0.174. The Kier molecular flexibility index (Phi) is 4.73. The Hall–Kier alpha value is -0.770. The van der Waals surface area contributed by atoms with E-state index in [1.54, 1.807) is 4.90 Å². The minimum absolute atomic E-state index is 0.139. The molecule has 1 atom stereocenters. The Morgan fingerprint density at radius 2 is 2.36 bits per heavy atom. The molecule has 0 bridgehead atoms. The van der Waals surface area contributed by atoms with Crippen LogP contribution in [0.4, 0.5) is 4.79 Å². The summed E-state index contributed by atoms with van der Waals surface area (Å²) in [5.74, 6) is 0. The largest absolute Gasteiger partial charge is 0.450 e. The first-order chi connectivity index (χ1) is 6.79. The lowest BCUT2D eigenvalue weighted by molar-refractivity contribution is 0.0690. The van der Waals surface area contributed by atoms with Crippen molar-refractivity contribution in [1.29, 1.82) is 0 Å². The molecule has 82 valence electrons. The molecule has 4 heteroatoms. The van der Waals surface area contributed by atoms with Gasteiger partial charge in [-0.15, -0.1) is 0 Å². The molecule has 1 aliphatic heterocycles. The highest BCUT2D eigenvalue weighted by Crippen LogP contribution is 2.20. The standard InChI is InChI=1S/C10H19NO3/c1-2-14-10(13)11-7-4-3-5-9(11)6-8-12/h9,12H,2-8H2,1H3/t9-/m0/s1. The molecule has 0 aliphatic carbocycles. The molecule has 1 rings (SSSR count). The molecule has 1 heterocycles. The first-order valence-electron chi connectivity index (χ1n) is 5.33. The molecule has 0 aromatic rings. The van der Waals surface area contributed by atoms with Crippen LogP contribution in [0, 0.1) is 0 Å². The maximum atomic E-state index is 11.5. The molecule has 1 fully saturated rings. The van der Waals surface area contributed by atoms with Crippen LogP contribution in [0.5, 0.6) is 0 Å². The van der Waals surface area contributed by atoms with E-state index in [2.05, 4.69) is 0 Å². The van der Waals surface area contributed by atoms with Crippen LogP contribution in [-0.4, -0.2) is 41.9 Å². The molecule has 0 radical (unpaired) electrons. The van der Waals surface area contributed by atoms with Crippen LogP contribution >= 0.6 is 0 Å². The quantitative estimate of drug-likeness (QED) is 0.750. The highest BCUT2D eigenvalue weighted by atomic mass is 16.6. The maximum Gasteiger partial charge on any atom is 0.409 e. The number of rotatable bonds is 3. The van der Waals surface area contributed by atoms with E-state index in [9.17, 15) is 4.79 Å². The third-order valence-electron chi connectivity index (χ3n) is 2.59. The minimum Gasteiger partial charge on any atom is -0.450 e. The number of carbonyl (C=O) groups is 1. The molecular weight excluding hydrogens is 182 g/mol. The summed E-state index contributed by atoms with van der Waals surface area (Å²) < 4.78 is 4.96. The lowest BCUT2D eigenvalue weighted by atomic mass is 10.0. The molecule has 14 heavy (non-hydrogen) atoms. The van der Waals surface area contributed by atoms with Crippen molar-refractivity contribution in [3.05, 3.63) is 0 Å². The zero-order valence-electron chi connectivity index (χ0n) is 8.74. The zero-order valence-corrected chi connectivity index (χ0v) is 8.74. The Morgan fingerprint density at radius 1 is 1.57 bits per heavy atom. The average Bonchev–Trinajstić information content (AvgIpc) is 2.19. The van der Waals surface area contributed by atoms with Crippen LogP contribution in [0.3, 0.4) is 0 Å². The van der Waals surface area contributed by atoms with E-state index in [0.717, 1.165) is 25.8 Å². The summed E-state index contributed by atoms with van der Waals surface area (Å²) in [6.07, 6.45) is 3.60. The fraction of sp³-hybridized carbons (Fsp3) is 0.900. The Balaban J connectivity index is 2.48. The molecular formula is C10H19NO3. The van der Waals surface area contributed by atoms with Crippen LogP contribution in [0.2, 0.25) is 0 Å². The molecule has 1 aliphatic rings. The van der Waals surface area contributed by atoms with Crippen molar-refractivity contribution in [2.75, 3.05) is 19.8 Å². The van der Waals surface area contributed by atoms with Gasteiger partial charge in [-0.1, -0.05) is 0 Å². The topological polar surface area (TPSA) is 49.8 Å². The van der Waals surface area contributed by atoms with Crippen LogP contribution in [-0.2, 0) is 4.74 Å². The van der Waals surface area contributed by atoms with Gasteiger partial charge in [-0.05, 0) is 32.6 Å². The van der Waals surface area contributed by atoms with Crippen LogP contribution < -0.4 is 0 Å². The van der Waals surface area contributed by atoms with Crippen molar-refractivity contribution in [2.45, 2.75) is 38.6 Å². The molecule has 4 nitrogen and oxygen atoms in total. The Morgan fingerprint density at radius 3 is 3.00 bits per heavy atom. The second-order valence-electron chi connectivity index (χ2n) is 3.55. The van der Waals surface area contributed by atoms with E-state index in [0.29, 0.717) is 13.0 Å². The second kappa shape index (κ2) is 5.86. The molecule has 1 amide bonds. The number of ether oxygens (including phenoxy) is 1. The van der Waals surface area contributed by atoms with Crippen molar-refractivity contribution < 1.29 is 14.6 Å². The van der Waals surface area contributed by atoms with E-state index < -0.39 is 0 Å². The maximum absolute atomic E-state index is 11.5. The molecule has 0 aromatic heterocycles. The van der Waals surface area contributed by atoms with Crippen LogP contribution in [0.15, 0.2) is 0 Å². The highest BCUT2D eigenvalue weighted by Gasteiger charge is 2.26. The predicted octanol–water partition coefficient (Wildman–Crippen LogP) is 1.38. The highest BCUT2D eigenvalue weighted by molar-refractivity contribution is 5.68. The number of likely N-dealkylation sites (tertiary alicyclic amines) is 1. The average molecular weight is 201 g/mol. The second-order valence-corrected chi connectivity index (χ2v) is 3.55. The smallest absolute Gasteiger partial charge is 0.409 e. The number of hydrogen-bond acceptors (Lipinski definition) is 3. The van der Waals surface area contributed by atoms with Crippen molar-refractivity contribution >= 4 is 6.09 Å². The van der Waals surface area contributed by atoms with Crippen molar-refractivity contribution in [3.8, 4) is 0 Å². The minimum atomic E-state index is -0.231. The van der Waals surface area contributed by atoms with Crippen LogP contribution in [0.1, 0.15) is 32.6 Å². The van der Waals surface area contributed by atoms with Gasteiger partial charge in [0.2, 0.25) is 0 Å². The van der Waals surface area contributed by atoms with E-state index in [1.165, 1.54) is 0 Å². The van der Waals surface area contributed by atoms with Gasteiger partial charge in [-0.3, -0.25) is 0 Å². The number of hydrogen-bond donors (Lipinski definition) is 1. The van der Waals surface area contributed by atoms with Gasteiger partial charge in [0.1, 0.15) is 0 Å². The van der Waals surface area contributed by atoms with Gasteiger partial charge in [-0.2, -0.15) is 0 Å². The third-order valence-corrected chi connectivity index (χ3v) is 2.59. The molecule has 0 saturated carbocycles. The lowest BCUT2D eigenvalue weighted by Crippen LogP contribution is -2.44. The number of nitrogens with zero attached hydrogens (tertiary/aromatic N) is 1. The first-order valence-corrected chi connectivity index (χ1v) is 5.33. The van der Waals surface area contributed by atoms with Gasteiger partial charge < -0.3 is 14.7 Å². The fourth-order valence-electron chi connectivity index (χ4n) is 1.90. The lowest BCUT2D eigenvalue weighted by Gasteiger charge is -2.34. The van der Waals surface area contributed by atoms with Gasteiger partial charge in [0.05, 0.1) is 6.61 Å². The number of carbonyl (C=O) groups excluding carboxylic acids is 1. The van der Waals surface area contributed by atoms with Gasteiger partial charge in [-0.25, -0.2) is 4.79 Å². The van der Waals surface area contributed by atoms with E-state index in [-0.39, 0.29) is 18.7 Å². The zero-order chi connectivity index (χ0) is 10.4. The summed E-state index contributed by atoms with van der Waals surface area (Å²) in [4.78, 5) is 13.3. The van der Waals surface area contributed by atoms with Crippen LogP contribution in [0.25, 0.3) is 0 Å². The van der Waals surface area contributed by atoms with Crippen molar-refractivity contribution in [1.82, 2.24) is 4.90 Å². The number of aliphatic hydroxyl groups is 1. The van der Waals surface area contributed by atoms with Gasteiger partial charge in [0, 0.05) is 19.2 Å². The molecule has 0 aromatic carbocycles. The normalized spacial score (nSPS) is 22.1. The molecule has 1 N–H and O–H groups in total. The summed E-state index contributed by atoms with van der Waals surface area (Å²) in [5, 5.41) is 8.87. The third kappa shape index (κ3) is 2.87. The SMILES string of the molecule is CCOC(=O)N1CCCC[C@H]1CCO. The molecule has 0 unspecified atom stereocenters. The monoisotopic (exact) mass is 201 g/mol. The Labute approximate surface area is 84.8 Å². The van der Waals surface area contributed by atoms with Gasteiger partial charge in [0.15, 0.2) is 0 Å². The summed E-state index contributed by atoms with van der Waals surface area (Å²) in [5.41, 5.74) is 0. The molecule has 0 spiro atoms. The summed E-state index contributed by atoms with van der Waals surface area (Å²) >= 11 is 0. The van der Waals surface area contributed by atoms with E-state index in [4.69, 9.17) is 9.84 Å². The van der Waals surface area contributed by atoms with Gasteiger partial charge >= 0.3 is 6.09 Å². The van der Waals surface area contributed by atoms with Gasteiger partial charge in [0.25, 0.3) is 0 Å². The number of piperidine rings is 1. The van der Waals surface area contributed by atoms with Crippen molar-refractivity contribution in [3.63, 3.8) is 0 Å². The number of amides is 1.